The van der Waals surface area contributed by atoms with Gasteiger partial charge in [0.2, 0.25) is 0 Å². The van der Waals surface area contributed by atoms with Gasteiger partial charge in [0.25, 0.3) is 0 Å². The average Bonchev–Trinajstić information content (AvgIpc) is 3.00. The maximum Gasteiger partial charge on any atom is 0.137 e. The van der Waals surface area contributed by atoms with Gasteiger partial charge < -0.3 is 4.98 Å². The molecule has 102 valence electrons. The van der Waals surface area contributed by atoms with Crippen LogP contribution in [0.25, 0.3) is 22.6 Å². The van der Waals surface area contributed by atoms with Crippen LogP contribution in [0.5, 0.6) is 0 Å². The van der Waals surface area contributed by atoms with Crippen molar-refractivity contribution in [2.75, 3.05) is 0 Å². The molecule has 0 unspecified atom stereocenters. The molecule has 0 radical (unpaired) electrons. The summed E-state index contributed by atoms with van der Waals surface area (Å²) in [5, 5.41) is 9.95. The second-order valence-corrected chi connectivity index (χ2v) is 5.28. The lowest BCUT2D eigenvalue weighted by Gasteiger charge is -2.01. The van der Waals surface area contributed by atoms with Crippen LogP contribution in [0.1, 0.15) is 5.56 Å². The fraction of sp³-hybridized carbons (Fsp3) is 0. The van der Waals surface area contributed by atoms with Crippen molar-refractivity contribution >= 4 is 23.2 Å². The molecule has 0 spiro atoms. The average molecular weight is 314 g/mol. The van der Waals surface area contributed by atoms with Crippen LogP contribution in [0.15, 0.2) is 48.7 Å². The largest absolute Gasteiger partial charge is 0.338 e. The smallest absolute Gasteiger partial charge is 0.137 e. The molecule has 0 fully saturated rings. The summed E-state index contributed by atoms with van der Waals surface area (Å²) in [6, 6.07) is 14.8. The van der Waals surface area contributed by atoms with E-state index in [1.807, 2.05) is 18.2 Å². The zero-order chi connectivity index (χ0) is 14.8. The summed E-state index contributed by atoms with van der Waals surface area (Å²) in [7, 11) is 0. The van der Waals surface area contributed by atoms with Gasteiger partial charge in [0, 0.05) is 11.1 Å². The number of nitriles is 1. The minimum atomic E-state index is 0.497. The molecule has 0 aliphatic rings. The van der Waals surface area contributed by atoms with E-state index in [1.54, 1.807) is 30.5 Å². The molecule has 0 bridgehead atoms. The van der Waals surface area contributed by atoms with Gasteiger partial charge in [0.1, 0.15) is 5.82 Å². The standard InChI is InChI=1S/C16H9Cl2N3/c17-13-5-4-11(7-14(13)18)15-9-20-16(21-15)12-3-1-2-10(6-12)8-19/h1-7,9H,(H,20,21). The van der Waals surface area contributed by atoms with Gasteiger partial charge in [0.05, 0.1) is 33.6 Å². The number of hydrogen-bond acceptors (Lipinski definition) is 2. The fourth-order valence-corrected chi connectivity index (χ4v) is 2.31. The van der Waals surface area contributed by atoms with E-state index in [-0.39, 0.29) is 0 Å². The third-order valence-electron chi connectivity index (χ3n) is 3.07. The number of nitrogens with one attached hydrogen (secondary N) is 1. The van der Waals surface area contributed by atoms with Crippen LogP contribution in [-0.2, 0) is 0 Å². The highest BCUT2D eigenvalue weighted by Crippen LogP contribution is 2.28. The summed E-state index contributed by atoms with van der Waals surface area (Å²) in [6.45, 7) is 0. The van der Waals surface area contributed by atoms with Crippen LogP contribution in [0.4, 0.5) is 0 Å². The summed E-state index contributed by atoms with van der Waals surface area (Å²) in [5.74, 6) is 0.702. The van der Waals surface area contributed by atoms with E-state index in [0.29, 0.717) is 21.4 Å². The van der Waals surface area contributed by atoms with Crippen LogP contribution in [0.2, 0.25) is 10.0 Å². The Balaban J connectivity index is 1.99. The zero-order valence-corrected chi connectivity index (χ0v) is 12.3. The SMILES string of the molecule is N#Cc1cccc(-c2ncc(-c3ccc(Cl)c(Cl)c3)[nH]2)c1. The minimum absolute atomic E-state index is 0.497. The quantitative estimate of drug-likeness (QED) is 0.729. The lowest BCUT2D eigenvalue weighted by atomic mass is 10.1. The maximum atomic E-state index is 8.94. The van der Waals surface area contributed by atoms with E-state index in [2.05, 4.69) is 16.0 Å². The molecule has 1 aromatic heterocycles. The predicted octanol–water partition coefficient (Wildman–Crippen LogP) is 4.92. The summed E-state index contributed by atoms with van der Waals surface area (Å²) in [5.41, 5.74) is 3.20. The normalized spacial score (nSPS) is 10.3. The van der Waals surface area contributed by atoms with Crippen molar-refractivity contribution in [3.8, 4) is 28.7 Å². The van der Waals surface area contributed by atoms with Crippen molar-refractivity contribution in [2.45, 2.75) is 0 Å². The Labute approximate surface area is 131 Å². The van der Waals surface area contributed by atoms with Crippen molar-refractivity contribution in [1.29, 1.82) is 5.26 Å². The lowest BCUT2D eigenvalue weighted by molar-refractivity contribution is 1.31. The van der Waals surface area contributed by atoms with Gasteiger partial charge in [-0.2, -0.15) is 5.26 Å². The molecule has 0 saturated heterocycles. The first kappa shape index (κ1) is 13.7. The van der Waals surface area contributed by atoms with Crippen LogP contribution < -0.4 is 0 Å². The monoisotopic (exact) mass is 313 g/mol. The van der Waals surface area contributed by atoms with Gasteiger partial charge in [-0.1, -0.05) is 41.4 Å². The van der Waals surface area contributed by atoms with E-state index in [4.69, 9.17) is 28.5 Å². The first-order valence-electron chi connectivity index (χ1n) is 6.18. The number of halogens is 2. The molecule has 5 heteroatoms. The van der Waals surface area contributed by atoms with Crippen molar-refractivity contribution in [2.24, 2.45) is 0 Å². The van der Waals surface area contributed by atoms with Crippen LogP contribution >= 0.6 is 23.2 Å². The minimum Gasteiger partial charge on any atom is -0.338 e. The van der Waals surface area contributed by atoms with E-state index in [0.717, 1.165) is 16.8 Å². The zero-order valence-electron chi connectivity index (χ0n) is 10.8. The first-order chi connectivity index (χ1) is 10.2. The maximum absolute atomic E-state index is 8.94. The number of rotatable bonds is 2. The third kappa shape index (κ3) is 2.78. The molecule has 21 heavy (non-hydrogen) atoms. The van der Waals surface area contributed by atoms with E-state index in [9.17, 15) is 0 Å². The molecule has 1 N–H and O–H groups in total. The van der Waals surface area contributed by atoms with Crippen molar-refractivity contribution in [1.82, 2.24) is 9.97 Å². The van der Waals surface area contributed by atoms with Crippen molar-refractivity contribution < 1.29 is 0 Å². The number of imidazole rings is 1. The number of nitrogens with zero attached hydrogens (tertiary/aromatic N) is 2. The lowest BCUT2D eigenvalue weighted by Crippen LogP contribution is -1.83. The number of H-pyrrole nitrogens is 1. The first-order valence-corrected chi connectivity index (χ1v) is 6.94. The van der Waals surface area contributed by atoms with Crippen LogP contribution in [-0.4, -0.2) is 9.97 Å². The Hall–Kier alpha value is -2.28. The van der Waals surface area contributed by atoms with Gasteiger partial charge in [-0.25, -0.2) is 4.98 Å². The second kappa shape index (κ2) is 5.61. The third-order valence-corrected chi connectivity index (χ3v) is 3.81. The molecule has 2 aromatic carbocycles. The Morgan fingerprint density at radius 2 is 1.86 bits per heavy atom. The second-order valence-electron chi connectivity index (χ2n) is 4.47. The summed E-state index contributed by atoms with van der Waals surface area (Å²) >= 11 is 11.9. The topological polar surface area (TPSA) is 52.5 Å². The van der Waals surface area contributed by atoms with E-state index < -0.39 is 0 Å². The molecular weight excluding hydrogens is 305 g/mol. The van der Waals surface area contributed by atoms with Gasteiger partial charge in [-0.3, -0.25) is 0 Å². The Morgan fingerprint density at radius 1 is 1.00 bits per heavy atom. The number of hydrogen-bond donors (Lipinski definition) is 1. The molecule has 3 nitrogen and oxygen atoms in total. The molecule has 0 aliphatic heterocycles. The molecule has 3 aromatic rings. The van der Waals surface area contributed by atoms with Crippen molar-refractivity contribution in [3.05, 3.63) is 64.3 Å². The Bertz CT molecular complexity index is 847. The predicted molar refractivity (Wildman–Crippen MR) is 84.2 cm³/mol. The molecule has 1 heterocycles. The van der Waals surface area contributed by atoms with Gasteiger partial charge >= 0.3 is 0 Å². The highest BCUT2D eigenvalue weighted by Gasteiger charge is 2.07. The Morgan fingerprint density at radius 3 is 2.62 bits per heavy atom. The molecular formula is C16H9Cl2N3. The Kier molecular flexibility index (Phi) is 3.66. The van der Waals surface area contributed by atoms with E-state index in [1.165, 1.54) is 0 Å². The molecule has 0 saturated carbocycles. The van der Waals surface area contributed by atoms with Crippen LogP contribution in [0.3, 0.4) is 0 Å². The number of aromatic nitrogens is 2. The summed E-state index contributed by atoms with van der Waals surface area (Å²) in [6.07, 6.45) is 1.73. The summed E-state index contributed by atoms with van der Waals surface area (Å²) in [4.78, 5) is 7.57. The van der Waals surface area contributed by atoms with Gasteiger partial charge in [-0.05, 0) is 24.3 Å². The highest BCUT2D eigenvalue weighted by molar-refractivity contribution is 6.42. The van der Waals surface area contributed by atoms with E-state index >= 15 is 0 Å². The molecule has 0 aliphatic carbocycles. The van der Waals surface area contributed by atoms with Crippen LogP contribution in [0, 0.1) is 11.3 Å². The number of aromatic amines is 1. The highest BCUT2D eigenvalue weighted by atomic mass is 35.5. The van der Waals surface area contributed by atoms with Gasteiger partial charge in [-0.15, -0.1) is 0 Å². The molecule has 0 atom stereocenters. The number of benzene rings is 2. The molecule has 0 amide bonds. The van der Waals surface area contributed by atoms with Crippen molar-refractivity contribution in [3.63, 3.8) is 0 Å². The fourth-order valence-electron chi connectivity index (χ4n) is 2.01. The summed E-state index contributed by atoms with van der Waals surface area (Å²) < 4.78 is 0. The van der Waals surface area contributed by atoms with Gasteiger partial charge in [0.15, 0.2) is 0 Å². The molecule has 3 rings (SSSR count).